The molecule has 6 nitrogen and oxygen atoms in total. The van der Waals surface area contributed by atoms with Gasteiger partial charge in [-0.3, -0.25) is 9.59 Å². The Labute approximate surface area is 206 Å². The number of hydrogen-bond donors (Lipinski definition) is 1. The van der Waals surface area contributed by atoms with Gasteiger partial charge in [0.15, 0.2) is 5.76 Å². The zero-order valence-corrected chi connectivity index (χ0v) is 20.5. The average Bonchev–Trinajstić information content (AvgIpc) is 3.58. The summed E-state index contributed by atoms with van der Waals surface area (Å²) in [5.74, 6) is 1.77. The maximum absolute atomic E-state index is 13.2. The summed E-state index contributed by atoms with van der Waals surface area (Å²) < 4.78 is 11.7. The highest BCUT2D eigenvalue weighted by Crippen LogP contribution is 2.41. The fraction of sp³-hybridized carbons (Fsp3) is 0.379. The van der Waals surface area contributed by atoms with Gasteiger partial charge in [0.2, 0.25) is 5.91 Å². The molecule has 35 heavy (non-hydrogen) atoms. The minimum absolute atomic E-state index is 0.0375. The van der Waals surface area contributed by atoms with Crippen LogP contribution in [0.1, 0.15) is 71.3 Å². The van der Waals surface area contributed by atoms with Crippen molar-refractivity contribution >= 4 is 11.8 Å². The molecule has 182 valence electrons. The fourth-order valence-electron chi connectivity index (χ4n) is 4.75. The van der Waals surface area contributed by atoms with Crippen LogP contribution in [0.4, 0.5) is 0 Å². The quantitative estimate of drug-likeness (QED) is 0.514. The Balaban J connectivity index is 1.39. The Morgan fingerprint density at radius 2 is 1.94 bits per heavy atom. The van der Waals surface area contributed by atoms with Crippen LogP contribution in [0.3, 0.4) is 0 Å². The molecule has 0 radical (unpaired) electrons. The molecule has 1 saturated carbocycles. The number of furan rings is 1. The van der Waals surface area contributed by atoms with E-state index in [0.717, 1.165) is 36.9 Å². The molecule has 2 amide bonds. The van der Waals surface area contributed by atoms with E-state index in [-0.39, 0.29) is 42.2 Å². The molecule has 0 bridgehead atoms. The van der Waals surface area contributed by atoms with Crippen LogP contribution in [-0.4, -0.2) is 29.3 Å². The van der Waals surface area contributed by atoms with Gasteiger partial charge in [0.1, 0.15) is 18.1 Å². The number of nitrogens with zero attached hydrogens (tertiary/aromatic N) is 1. The van der Waals surface area contributed by atoms with Crippen LogP contribution >= 0.6 is 0 Å². The highest BCUT2D eigenvalue weighted by Gasteiger charge is 2.39. The molecule has 5 rings (SSSR count). The second-order valence-electron chi connectivity index (χ2n) is 9.92. The lowest BCUT2D eigenvalue weighted by Crippen LogP contribution is -2.41. The number of nitrogens with one attached hydrogen (secondary N) is 1. The number of rotatable bonds is 7. The number of carbonyl (C=O) groups is 2. The molecule has 2 aliphatic rings. The highest BCUT2D eigenvalue weighted by atomic mass is 16.5. The van der Waals surface area contributed by atoms with Crippen LogP contribution < -0.4 is 10.1 Å². The number of fused-ring (bicyclic) bond motifs is 1. The number of aryl methyl sites for hydroxylation is 1. The Hall–Kier alpha value is -3.54. The van der Waals surface area contributed by atoms with Crippen LogP contribution in [0.15, 0.2) is 59.0 Å². The van der Waals surface area contributed by atoms with Gasteiger partial charge in [-0.05, 0) is 81.0 Å². The van der Waals surface area contributed by atoms with E-state index in [9.17, 15) is 9.59 Å². The van der Waals surface area contributed by atoms with Gasteiger partial charge in [-0.15, -0.1) is 0 Å². The topological polar surface area (TPSA) is 71.8 Å². The van der Waals surface area contributed by atoms with E-state index in [2.05, 4.69) is 53.5 Å². The highest BCUT2D eigenvalue weighted by molar-refractivity contribution is 5.91. The fourth-order valence-corrected chi connectivity index (χ4v) is 4.75. The normalized spacial score (nSPS) is 17.3. The summed E-state index contributed by atoms with van der Waals surface area (Å²) in [6, 6.07) is 17.9. The van der Waals surface area contributed by atoms with E-state index in [0.29, 0.717) is 11.5 Å². The molecule has 2 aromatic carbocycles. The number of carbonyl (C=O) groups excluding carboxylic acids is 2. The molecule has 1 N–H and O–H groups in total. The van der Waals surface area contributed by atoms with Crippen molar-refractivity contribution in [3.63, 3.8) is 0 Å². The van der Waals surface area contributed by atoms with Gasteiger partial charge < -0.3 is 19.4 Å². The van der Waals surface area contributed by atoms with E-state index in [1.807, 2.05) is 19.9 Å². The lowest BCUT2D eigenvalue weighted by atomic mass is 9.87. The van der Waals surface area contributed by atoms with Crippen LogP contribution in [-0.2, 0) is 17.8 Å². The van der Waals surface area contributed by atoms with Crippen molar-refractivity contribution < 1.29 is 18.7 Å². The Morgan fingerprint density at radius 3 is 2.69 bits per heavy atom. The van der Waals surface area contributed by atoms with Gasteiger partial charge >= 0.3 is 0 Å². The second-order valence-corrected chi connectivity index (χ2v) is 9.92. The maximum atomic E-state index is 13.2. The molecule has 1 atom stereocenters. The molecule has 0 spiro atoms. The van der Waals surface area contributed by atoms with E-state index >= 15 is 0 Å². The molecular weight excluding hydrogens is 440 g/mol. The SMILES string of the molecule is Cc1cccc([C@@H]2c3cc(OCc4ccc(C(=O)NC(C)C)o4)ccc3CCN2C(=O)C2CC2)c1. The third kappa shape index (κ3) is 5.11. The van der Waals surface area contributed by atoms with Gasteiger partial charge in [-0.1, -0.05) is 35.9 Å². The van der Waals surface area contributed by atoms with Gasteiger partial charge in [-0.2, -0.15) is 0 Å². The van der Waals surface area contributed by atoms with Crippen LogP contribution in [0.5, 0.6) is 5.75 Å². The summed E-state index contributed by atoms with van der Waals surface area (Å²) in [7, 11) is 0. The van der Waals surface area contributed by atoms with Crippen LogP contribution in [0.2, 0.25) is 0 Å². The number of benzene rings is 2. The minimum atomic E-state index is -0.235. The minimum Gasteiger partial charge on any atom is -0.486 e. The third-order valence-electron chi connectivity index (χ3n) is 6.60. The van der Waals surface area contributed by atoms with Crippen molar-refractivity contribution in [1.82, 2.24) is 10.2 Å². The van der Waals surface area contributed by atoms with Crippen LogP contribution in [0, 0.1) is 12.8 Å². The molecule has 1 aliphatic heterocycles. The summed E-state index contributed by atoms with van der Waals surface area (Å²) in [5.41, 5.74) is 4.67. The van der Waals surface area contributed by atoms with Gasteiger partial charge in [0.25, 0.3) is 5.91 Å². The first-order valence-corrected chi connectivity index (χ1v) is 12.4. The Bertz CT molecular complexity index is 1240. The smallest absolute Gasteiger partial charge is 0.287 e. The first-order chi connectivity index (χ1) is 16.9. The maximum Gasteiger partial charge on any atom is 0.287 e. The second kappa shape index (κ2) is 9.61. The van der Waals surface area contributed by atoms with Crippen molar-refractivity contribution in [3.8, 4) is 5.75 Å². The predicted octanol–water partition coefficient (Wildman–Crippen LogP) is 5.19. The standard InChI is InChI=1S/C29H32N2O4/c1-18(2)30-28(32)26-12-11-24(35-26)17-34-23-10-9-20-13-14-31(29(33)21-7-8-21)27(25(20)16-23)22-6-4-5-19(3)15-22/h4-6,9-12,15-16,18,21,27H,7-8,13-14,17H2,1-3H3,(H,30,32)/t27-/m1/s1. The number of amides is 2. The summed E-state index contributed by atoms with van der Waals surface area (Å²) in [5, 5.41) is 2.82. The van der Waals surface area contributed by atoms with Crippen molar-refractivity contribution in [2.24, 2.45) is 5.92 Å². The molecule has 1 aliphatic carbocycles. The van der Waals surface area contributed by atoms with Gasteiger partial charge in [-0.25, -0.2) is 0 Å². The molecule has 0 saturated heterocycles. The monoisotopic (exact) mass is 472 g/mol. The zero-order valence-electron chi connectivity index (χ0n) is 20.5. The van der Waals surface area contributed by atoms with Crippen molar-refractivity contribution in [1.29, 1.82) is 0 Å². The van der Waals surface area contributed by atoms with Crippen molar-refractivity contribution in [2.75, 3.05) is 6.54 Å². The molecular formula is C29H32N2O4. The van der Waals surface area contributed by atoms with Crippen molar-refractivity contribution in [2.45, 2.75) is 58.7 Å². The van der Waals surface area contributed by atoms with Crippen molar-refractivity contribution in [3.05, 3.63) is 88.4 Å². The Morgan fingerprint density at radius 1 is 1.11 bits per heavy atom. The largest absolute Gasteiger partial charge is 0.486 e. The van der Waals surface area contributed by atoms with E-state index < -0.39 is 0 Å². The first-order valence-electron chi connectivity index (χ1n) is 12.4. The van der Waals surface area contributed by atoms with Crippen LogP contribution in [0.25, 0.3) is 0 Å². The third-order valence-corrected chi connectivity index (χ3v) is 6.60. The van der Waals surface area contributed by atoms with E-state index in [4.69, 9.17) is 9.15 Å². The van der Waals surface area contributed by atoms with Gasteiger partial charge in [0.05, 0.1) is 6.04 Å². The summed E-state index contributed by atoms with van der Waals surface area (Å²) >= 11 is 0. The summed E-state index contributed by atoms with van der Waals surface area (Å²) in [6.07, 6.45) is 2.82. The number of hydrogen-bond acceptors (Lipinski definition) is 4. The molecule has 3 aromatic rings. The zero-order chi connectivity index (χ0) is 24.5. The number of ether oxygens (including phenoxy) is 1. The Kier molecular flexibility index (Phi) is 6.37. The lowest BCUT2D eigenvalue weighted by Gasteiger charge is -2.38. The summed E-state index contributed by atoms with van der Waals surface area (Å²) in [4.78, 5) is 27.4. The lowest BCUT2D eigenvalue weighted by molar-refractivity contribution is -0.134. The van der Waals surface area contributed by atoms with Gasteiger partial charge in [0, 0.05) is 18.5 Å². The molecule has 2 heterocycles. The summed E-state index contributed by atoms with van der Waals surface area (Å²) in [6.45, 7) is 6.84. The predicted molar refractivity (Wildman–Crippen MR) is 133 cm³/mol. The molecule has 1 fully saturated rings. The average molecular weight is 473 g/mol. The van der Waals surface area contributed by atoms with E-state index in [1.165, 1.54) is 11.1 Å². The molecule has 1 aromatic heterocycles. The molecule has 0 unspecified atom stereocenters. The van der Waals surface area contributed by atoms with E-state index in [1.54, 1.807) is 12.1 Å². The molecule has 6 heteroatoms. The first kappa shape index (κ1) is 23.2.